The maximum atomic E-state index is 12.5. The summed E-state index contributed by atoms with van der Waals surface area (Å²) in [6.45, 7) is 6.66. The van der Waals surface area contributed by atoms with Crippen molar-refractivity contribution in [2.75, 3.05) is 39.5 Å². The van der Waals surface area contributed by atoms with Crippen molar-refractivity contribution in [3.63, 3.8) is 0 Å². The Morgan fingerprint density at radius 3 is 2.71 bits per heavy atom. The molecule has 1 N–H and O–H groups in total. The third-order valence-corrected chi connectivity index (χ3v) is 9.20. The van der Waals surface area contributed by atoms with Gasteiger partial charge >= 0.3 is 5.97 Å². The summed E-state index contributed by atoms with van der Waals surface area (Å²) in [7, 11) is 0. The molecule has 0 amide bonds. The number of aliphatic hydroxyl groups excluding tert-OH is 1. The van der Waals surface area contributed by atoms with Gasteiger partial charge in [-0.2, -0.15) is 0 Å². The number of halogens is 1. The zero-order valence-electron chi connectivity index (χ0n) is 22.6. The van der Waals surface area contributed by atoms with Gasteiger partial charge < -0.3 is 14.6 Å². The molecule has 1 aliphatic heterocycles. The van der Waals surface area contributed by atoms with E-state index in [2.05, 4.69) is 42.2 Å². The number of aryl methyl sites for hydroxylation is 1. The van der Waals surface area contributed by atoms with E-state index in [9.17, 15) is 9.90 Å². The highest BCUT2D eigenvalue weighted by molar-refractivity contribution is 7.13. The number of hydrogen-bond acceptors (Lipinski definition) is 6. The average Bonchev–Trinajstić information content (AvgIpc) is 3.56. The highest BCUT2D eigenvalue weighted by Crippen LogP contribution is 2.43. The molecule has 5 nitrogen and oxygen atoms in total. The zero-order valence-corrected chi connectivity index (χ0v) is 24.2. The first-order valence-electron chi connectivity index (χ1n) is 14.3. The van der Waals surface area contributed by atoms with Crippen molar-refractivity contribution < 1.29 is 19.4 Å². The quantitative estimate of drug-likeness (QED) is 0.195. The molecule has 0 bridgehead atoms. The van der Waals surface area contributed by atoms with Crippen molar-refractivity contribution in [2.24, 2.45) is 5.92 Å². The Balaban J connectivity index is 1.23. The van der Waals surface area contributed by atoms with Gasteiger partial charge in [0.15, 0.2) is 0 Å². The number of morpholine rings is 1. The lowest BCUT2D eigenvalue weighted by atomic mass is 9.89. The molecule has 2 heterocycles. The number of hydrogen-bond donors (Lipinski definition) is 1. The van der Waals surface area contributed by atoms with E-state index in [1.165, 1.54) is 16.0 Å². The third kappa shape index (κ3) is 8.40. The van der Waals surface area contributed by atoms with Crippen LogP contribution < -0.4 is 0 Å². The molecule has 0 spiro atoms. The molecule has 0 saturated carbocycles. The van der Waals surface area contributed by atoms with Crippen LogP contribution in [-0.2, 0) is 15.9 Å². The van der Waals surface area contributed by atoms with Gasteiger partial charge in [-0.3, -0.25) is 4.90 Å². The van der Waals surface area contributed by atoms with Crippen LogP contribution in [0, 0.1) is 5.92 Å². The van der Waals surface area contributed by atoms with Gasteiger partial charge in [-0.15, -0.1) is 11.3 Å². The first kappa shape index (κ1) is 29.3. The summed E-state index contributed by atoms with van der Waals surface area (Å²) in [6, 6.07) is 12.3. The standard InChI is InChI=1S/C31H42ClNO4S/c1-2-3-4-8-28(34)23-9-11-25(12-10-23)30-24(13-15-27(30)32)6-5-7-26-14-16-29(38-26)31(35)37-22-19-33-17-20-36-21-18-33/h9-12,14,16,24,28,34H,2-8,13,15,17-22H2,1H3/t24-,28+/m0/s1. The van der Waals surface area contributed by atoms with Crippen LogP contribution in [-0.4, -0.2) is 55.4 Å². The molecule has 1 aliphatic carbocycles. The molecule has 208 valence electrons. The van der Waals surface area contributed by atoms with E-state index < -0.39 is 6.10 Å². The molecule has 1 fully saturated rings. The van der Waals surface area contributed by atoms with E-state index in [1.54, 1.807) is 11.3 Å². The van der Waals surface area contributed by atoms with Crippen molar-refractivity contribution in [2.45, 2.75) is 70.8 Å². The fraction of sp³-hybridized carbons (Fsp3) is 0.581. The Morgan fingerprint density at radius 1 is 1.16 bits per heavy atom. The predicted octanol–water partition coefficient (Wildman–Crippen LogP) is 7.23. The number of carbonyl (C=O) groups is 1. The van der Waals surface area contributed by atoms with Gasteiger partial charge in [0.25, 0.3) is 0 Å². The van der Waals surface area contributed by atoms with Gasteiger partial charge in [0.05, 0.1) is 19.3 Å². The van der Waals surface area contributed by atoms with Gasteiger partial charge in [0.1, 0.15) is 11.5 Å². The minimum Gasteiger partial charge on any atom is -0.460 e. The lowest BCUT2D eigenvalue weighted by Crippen LogP contribution is -2.38. The van der Waals surface area contributed by atoms with Gasteiger partial charge in [0.2, 0.25) is 0 Å². The average molecular weight is 560 g/mol. The second-order valence-electron chi connectivity index (χ2n) is 10.4. The van der Waals surface area contributed by atoms with E-state index in [0.29, 0.717) is 17.4 Å². The van der Waals surface area contributed by atoms with E-state index in [4.69, 9.17) is 21.1 Å². The highest BCUT2D eigenvalue weighted by Gasteiger charge is 2.26. The van der Waals surface area contributed by atoms with E-state index in [1.807, 2.05) is 6.07 Å². The smallest absolute Gasteiger partial charge is 0.348 e. The number of ether oxygens (including phenoxy) is 2. The number of unbranched alkanes of at least 4 members (excludes halogenated alkanes) is 2. The predicted molar refractivity (Wildman–Crippen MR) is 156 cm³/mol. The number of carbonyl (C=O) groups excluding carboxylic acids is 1. The van der Waals surface area contributed by atoms with Gasteiger partial charge in [-0.05, 0) is 73.3 Å². The molecule has 2 atom stereocenters. The van der Waals surface area contributed by atoms with Gasteiger partial charge in [-0.1, -0.05) is 62.1 Å². The number of aliphatic hydroxyl groups is 1. The monoisotopic (exact) mass is 559 g/mol. The number of nitrogens with zero attached hydrogens (tertiary/aromatic N) is 1. The van der Waals surface area contributed by atoms with Gasteiger partial charge in [-0.25, -0.2) is 4.79 Å². The first-order valence-corrected chi connectivity index (χ1v) is 15.5. The van der Waals surface area contributed by atoms with Crippen LogP contribution in [0.3, 0.4) is 0 Å². The minimum atomic E-state index is -0.392. The van der Waals surface area contributed by atoms with Crippen LogP contribution in [0.25, 0.3) is 5.57 Å². The second-order valence-corrected chi connectivity index (χ2v) is 12.1. The Labute approximate surface area is 236 Å². The number of rotatable bonds is 14. The molecule has 0 unspecified atom stereocenters. The molecule has 1 saturated heterocycles. The largest absolute Gasteiger partial charge is 0.460 e. The van der Waals surface area contributed by atoms with E-state index in [-0.39, 0.29) is 5.97 Å². The summed E-state index contributed by atoms with van der Waals surface area (Å²) >= 11 is 8.24. The van der Waals surface area contributed by atoms with Crippen molar-refractivity contribution in [1.29, 1.82) is 0 Å². The first-order chi connectivity index (χ1) is 18.5. The number of benzene rings is 1. The molecular formula is C31H42ClNO4S. The Hall–Kier alpha value is -1.70. The summed E-state index contributed by atoms with van der Waals surface area (Å²) in [6.07, 6.45) is 8.90. The van der Waals surface area contributed by atoms with Gasteiger partial charge in [0, 0.05) is 29.5 Å². The van der Waals surface area contributed by atoms with Crippen LogP contribution in [0.5, 0.6) is 0 Å². The Bertz CT molecular complexity index is 1040. The molecule has 7 heteroatoms. The second kappa shape index (κ2) is 15.2. The summed E-state index contributed by atoms with van der Waals surface area (Å²) < 4.78 is 10.9. The normalized spacial score (nSPS) is 19.2. The molecular weight excluding hydrogens is 518 g/mol. The van der Waals surface area contributed by atoms with Crippen molar-refractivity contribution in [1.82, 2.24) is 4.90 Å². The molecule has 1 aromatic carbocycles. The zero-order chi connectivity index (χ0) is 26.7. The molecule has 2 aromatic rings. The minimum absolute atomic E-state index is 0.221. The van der Waals surface area contributed by atoms with Crippen LogP contribution in [0.15, 0.2) is 41.4 Å². The Morgan fingerprint density at radius 2 is 1.95 bits per heavy atom. The van der Waals surface area contributed by atoms with Crippen LogP contribution >= 0.6 is 22.9 Å². The molecule has 38 heavy (non-hydrogen) atoms. The Kier molecular flexibility index (Phi) is 11.7. The summed E-state index contributed by atoms with van der Waals surface area (Å²) in [5.41, 5.74) is 3.44. The van der Waals surface area contributed by atoms with Crippen molar-refractivity contribution in [3.8, 4) is 0 Å². The van der Waals surface area contributed by atoms with Crippen molar-refractivity contribution >= 4 is 34.5 Å². The maximum absolute atomic E-state index is 12.5. The molecule has 0 radical (unpaired) electrons. The number of esters is 1. The summed E-state index contributed by atoms with van der Waals surface area (Å²) in [5.74, 6) is 0.230. The number of allylic oxidation sites excluding steroid dienone is 2. The third-order valence-electron chi connectivity index (χ3n) is 7.68. The highest BCUT2D eigenvalue weighted by atomic mass is 35.5. The lowest BCUT2D eigenvalue weighted by molar-refractivity contribution is 0.0197. The van der Waals surface area contributed by atoms with Crippen LogP contribution in [0.4, 0.5) is 0 Å². The summed E-state index contributed by atoms with van der Waals surface area (Å²) in [4.78, 5) is 16.6. The molecule has 2 aliphatic rings. The van der Waals surface area contributed by atoms with Crippen molar-refractivity contribution in [3.05, 3.63) is 62.3 Å². The SMILES string of the molecule is CCCCC[C@@H](O)c1ccc(C2=C(Cl)CC[C@@H]2CCCc2ccc(C(=O)OCCN3CCOCC3)s2)cc1. The molecule has 4 rings (SSSR count). The lowest BCUT2D eigenvalue weighted by Gasteiger charge is -2.26. The fourth-order valence-electron chi connectivity index (χ4n) is 5.43. The summed E-state index contributed by atoms with van der Waals surface area (Å²) in [5, 5.41) is 11.5. The van der Waals surface area contributed by atoms with Crippen LogP contribution in [0.2, 0.25) is 0 Å². The molecule has 1 aromatic heterocycles. The van der Waals surface area contributed by atoms with Crippen LogP contribution in [0.1, 0.15) is 90.1 Å². The topological polar surface area (TPSA) is 59.0 Å². The van der Waals surface area contributed by atoms with E-state index in [0.717, 1.165) is 101 Å². The number of thiophene rings is 1. The van der Waals surface area contributed by atoms with E-state index >= 15 is 0 Å². The maximum Gasteiger partial charge on any atom is 0.348 e. The fourth-order valence-corrected chi connectivity index (χ4v) is 6.75.